The molecule has 0 amide bonds. The SMILES string of the molecule is NCc1ccncc1OCc1cccc(F)n1. The average Bonchev–Trinajstić information content (AvgIpc) is 2.37. The van der Waals surface area contributed by atoms with Crippen LogP contribution < -0.4 is 10.5 Å². The molecule has 2 aromatic heterocycles. The zero-order valence-corrected chi connectivity index (χ0v) is 9.14. The van der Waals surface area contributed by atoms with E-state index in [1.54, 1.807) is 30.6 Å². The van der Waals surface area contributed by atoms with Crippen molar-refractivity contribution in [3.63, 3.8) is 0 Å². The highest BCUT2D eigenvalue weighted by Gasteiger charge is 2.03. The van der Waals surface area contributed by atoms with Crippen LogP contribution in [0.1, 0.15) is 11.3 Å². The summed E-state index contributed by atoms with van der Waals surface area (Å²) in [7, 11) is 0. The summed E-state index contributed by atoms with van der Waals surface area (Å²) in [6, 6.07) is 6.36. The van der Waals surface area contributed by atoms with Crippen LogP contribution >= 0.6 is 0 Å². The van der Waals surface area contributed by atoms with Gasteiger partial charge in [-0.1, -0.05) is 6.07 Å². The summed E-state index contributed by atoms with van der Waals surface area (Å²) in [5.41, 5.74) is 6.94. The fourth-order valence-corrected chi connectivity index (χ4v) is 1.39. The third-order valence-electron chi connectivity index (χ3n) is 2.24. The maximum Gasteiger partial charge on any atom is 0.213 e. The Kier molecular flexibility index (Phi) is 3.62. The molecule has 0 radical (unpaired) electrons. The van der Waals surface area contributed by atoms with Gasteiger partial charge >= 0.3 is 0 Å². The van der Waals surface area contributed by atoms with E-state index < -0.39 is 5.95 Å². The van der Waals surface area contributed by atoms with E-state index in [0.29, 0.717) is 18.0 Å². The standard InChI is InChI=1S/C12H12FN3O/c13-12-3-1-2-10(16-12)8-17-11-7-15-5-4-9(11)6-14/h1-5,7H,6,8,14H2. The minimum Gasteiger partial charge on any atom is -0.485 e. The molecule has 0 aromatic carbocycles. The van der Waals surface area contributed by atoms with Gasteiger partial charge in [-0.15, -0.1) is 0 Å². The molecule has 17 heavy (non-hydrogen) atoms. The lowest BCUT2D eigenvalue weighted by molar-refractivity contribution is 0.295. The van der Waals surface area contributed by atoms with E-state index >= 15 is 0 Å². The molecule has 0 saturated carbocycles. The minimum atomic E-state index is -0.517. The van der Waals surface area contributed by atoms with Crippen molar-refractivity contribution in [2.75, 3.05) is 0 Å². The molecule has 5 heteroatoms. The largest absolute Gasteiger partial charge is 0.485 e. The molecule has 4 nitrogen and oxygen atoms in total. The van der Waals surface area contributed by atoms with Crippen LogP contribution in [0.2, 0.25) is 0 Å². The number of ether oxygens (including phenoxy) is 1. The Morgan fingerprint density at radius 1 is 1.29 bits per heavy atom. The van der Waals surface area contributed by atoms with Crippen molar-refractivity contribution in [3.05, 3.63) is 53.9 Å². The number of nitrogens with two attached hydrogens (primary N) is 1. The van der Waals surface area contributed by atoms with Crippen molar-refractivity contribution in [2.24, 2.45) is 5.73 Å². The molecule has 2 aromatic rings. The first kappa shape index (κ1) is 11.5. The second-order valence-corrected chi connectivity index (χ2v) is 3.43. The first-order valence-corrected chi connectivity index (χ1v) is 5.17. The monoisotopic (exact) mass is 233 g/mol. The average molecular weight is 233 g/mol. The molecule has 2 N–H and O–H groups in total. The summed E-state index contributed by atoms with van der Waals surface area (Å²) < 4.78 is 18.3. The fraction of sp³-hybridized carbons (Fsp3) is 0.167. The number of pyridine rings is 2. The van der Waals surface area contributed by atoms with E-state index in [2.05, 4.69) is 9.97 Å². The van der Waals surface area contributed by atoms with E-state index in [0.717, 1.165) is 5.56 Å². The summed E-state index contributed by atoms with van der Waals surface area (Å²) in [5.74, 6) is 0.0809. The molecule has 88 valence electrons. The number of hydrogen-bond acceptors (Lipinski definition) is 4. The fourth-order valence-electron chi connectivity index (χ4n) is 1.39. The van der Waals surface area contributed by atoms with E-state index in [9.17, 15) is 4.39 Å². The zero-order valence-electron chi connectivity index (χ0n) is 9.14. The number of hydrogen-bond donors (Lipinski definition) is 1. The Hall–Kier alpha value is -2.01. The van der Waals surface area contributed by atoms with Gasteiger partial charge in [0.1, 0.15) is 12.4 Å². The molecule has 0 aliphatic rings. The molecule has 2 rings (SSSR count). The summed E-state index contributed by atoms with van der Waals surface area (Å²) in [6.07, 6.45) is 3.23. The van der Waals surface area contributed by atoms with Gasteiger partial charge in [-0.05, 0) is 18.2 Å². The van der Waals surface area contributed by atoms with Gasteiger partial charge in [0.25, 0.3) is 0 Å². The topological polar surface area (TPSA) is 61.0 Å². The zero-order chi connectivity index (χ0) is 12.1. The summed E-state index contributed by atoms with van der Waals surface area (Å²) in [6.45, 7) is 0.560. The Morgan fingerprint density at radius 2 is 2.18 bits per heavy atom. The van der Waals surface area contributed by atoms with Crippen molar-refractivity contribution in [1.82, 2.24) is 9.97 Å². The number of halogens is 1. The second-order valence-electron chi connectivity index (χ2n) is 3.43. The van der Waals surface area contributed by atoms with E-state index in [-0.39, 0.29) is 6.61 Å². The number of aromatic nitrogens is 2. The molecule has 2 heterocycles. The summed E-state index contributed by atoms with van der Waals surface area (Å²) in [4.78, 5) is 7.65. The molecular formula is C12H12FN3O. The van der Waals surface area contributed by atoms with Gasteiger partial charge in [0.05, 0.1) is 11.9 Å². The lowest BCUT2D eigenvalue weighted by atomic mass is 10.2. The molecule has 0 saturated heterocycles. The molecule has 0 spiro atoms. The molecule has 0 aliphatic heterocycles. The summed E-state index contributed by atoms with van der Waals surface area (Å²) in [5, 5.41) is 0. The first-order valence-electron chi connectivity index (χ1n) is 5.17. The lowest BCUT2D eigenvalue weighted by Crippen LogP contribution is -2.04. The minimum absolute atomic E-state index is 0.191. The van der Waals surface area contributed by atoms with Crippen LogP contribution in [0.3, 0.4) is 0 Å². The van der Waals surface area contributed by atoms with Crippen molar-refractivity contribution in [3.8, 4) is 5.75 Å². The Labute approximate surface area is 98.3 Å². The Balaban J connectivity index is 2.07. The van der Waals surface area contributed by atoms with Gasteiger partial charge in [-0.2, -0.15) is 4.39 Å². The van der Waals surface area contributed by atoms with Gasteiger partial charge in [0.15, 0.2) is 0 Å². The molecular weight excluding hydrogens is 221 g/mol. The van der Waals surface area contributed by atoms with E-state index in [4.69, 9.17) is 10.5 Å². The van der Waals surface area contributed by atoms with Gasteiger partial charge in [0.2, 0.25) is 5.95 Å². The van der Waals surface area contributed by atoms with Gasteiger partial charge in [-0.25, -0.2) is 4.98 Å². The predicted octanol–water partition coefficient (Wildman–Crippen LogP) is 1.65. The van der Waals surface area contributed by atoms with E-state index in [1.807, 2.05) is 0 Å². The quantitative estimate of drug-likeness (QED) is 0.816. The van der Waals surface area contributed by atoms with Crippen LogP contribution in [0.5, 0.6) is 5.75 Å². The second kappa shape index (κ2) is 5.36. The van der Waals surface area contributed by atoms with Crippen LogP contribution in [0, 0.1) is 5.95 Å². The van der Waals surface area contributed by atoms with Crippen LogP contribution in [0.25, 0.3) is 0 Å². The van der Waals surface area contributed by atoms with Gasteiger partial charge < -0.3 is 10.5 Å². The van der Waals surface area contributed by atoms with Crippen molar-refractivity contribution in [1.29, 1.82) is 0 Å². The number of rotatable bonds is 4. The summed E-state index contributed by atoms with van der Waals surface area (Å²) >= 11 is 0. The maximum atomic E-state index is 12.8. The molecule has 0 aliphatic carbocycles. The highest BCUT2D eigenvalue weighted by atomic mass is 19.1. The van der Waals surface area contributed by atoms with Gasteiger partial charge in [0, 0.05) is 18.3 Å². The normalized spacial score (nSPS) is 10.2. The first-order chi connectivity index (χ1) is 8.29. The molecule has 0 unspecified atom stereocenters. The van der Waals surface area contributed by atoms with Crippen molar-refractivity contribution < 1.29 is 9.13 Å². The molecule has 0 bridgehead atoms. The Bertz CT molecular complexity index is 505. The lowest BCUT2D eigenvalue weighted by Gasteiger charge is -2.08. The van der Waals surface area contributed by atoms with Gasteiger partial charge in [-0.3, -0.25) is 4.98 Å². The van der Waals surface area contributed by atoms with Crippen LogP contribution in [-0.2, 0) is 13.2 Å². The highest BCUT2D eigenvalue weighted by molar-refractivity contribution is 5.29. The third-order valence-corrected chi connectivity index (χ3v) is 2.24. The van der Waals surface area contributed by atoms with E-state index in [1.165, 1.54) is 6.07 Å². The smallest absolute Gasteiger partial charge is 0.213 e. The Morgan fingerprint density at radius 3 is 2.94 bits per heavy atom. The van der Waals surface area contributed by atoms with Crippen molar-refractivity contribution in [2.45, 2.75) is 13.2 Å². The van der Waals surface area contributed by atoms with Crippen LogP contribution in [0.4, 0.5) is 4.39 Å². The molecule has 0 atom stereocenters. The van der Waals surface area contributed by atoms with Crippen molar-refractivity contribution >= 4 is 0 Å². The highest BCUT2D eigenvalue weighted by Crippen LogP contribution is 2.16. The predicted molar refractivity (Wildman–Crippen MR) is 60.7 cm³/mol. The van der Waals surface area contributed by atoms with Crippen LogP contribution in [0.15, 0.2) is 36.7 Å². The maximum absolute atomic E-state index is 12.8. The van der Waals surface area contributed by atoms with Crippen LogP contribution in [-0.4, -0.2) is 9.97 Å². The molecule has 0 fully saturated rings. The third kappa shape index (κ3) is 2.98. The number of nitrogens with zero attached hydrogens (tertiary/aromatic N) is 2.